The van der Waals surface area contributed by atoms with E-state index in [1.54, 1.807) is 25.2 Å². The normalized spacial score (nSPS) is 18.1. The zero-order chi connectivity index (χ0) is 16.9. The second kappa shape index (κ2) is 7.81. The predicted octanol–water partition coefficient (Wildman–Crippen LogP) is 3.39. The van der Waals surface area contributed by atoms with Gasteiger partial charge >= 0.3 is 6.61 Å². The SMILES string of the molecule is CN=C(NCc1ccccc1OC(F)F)NCC(C1CC1)C1CC1. The molecule has 0 amide bonds. The van der Waals surface area contributed by atoms with Gasteiger partial charge < -0.3 is 15.4 Å². The van der Waals surface area contributed by atoms with E-state index in [1.807, 2.05) is 6.07 Å². The summed E-state index contributed by atoms with van der Waals surface area (Å²) in [4.78, 5) is 4.23. The number of nitrogens with zero attached hydrogens (tertiary/aromatic N) is 1. The average Bonchev–Trinajstić information content (AvgIpc) is 3.45. The maximum Gasteiger partial charge on any atom is 0.387 e. The molecule has 1 aromatic rings. The maximum absolute atomic E-state index is 12.5. The molecule has 1 aromatic carbocycles. The van der Waals surface area contributed by atoms with Crippen LogP contribution >= 0.6 is 0 Å². The highest BCUT2D eigenvalue weighted by atomic mass is 19.3. The van der Waals surface area contributed by atoms with Crippen molar-refractivity contribution in [1.29, 1.82) is 0 Å². The van der Waals surface area contributed by atoms with Crippen LogP contribution in [-0.2, 0) is 6.54 Å². The molecule has 0 radical (unpaired) electrons. The van der Waals surface area contributed by atoms with Gasteiger partial charge in [0.05, 0.1) is 0 Å². The smallest absolute Gasteiger partial charge is 0.387 e. The standard InChI is InChI=1S/C18H25F2N3O/c1-21-18(23-11-15(12-6-7-12)13-8-9-13)22-10-14-4-2-3-5-16(14)24-17(19)20/h2-5,12-13,15,17H,6-11H2,1H3,(H2,21,22,23). The first kappa shape index (κ1) is 17.0. The molecular weight excluding hydrogens is 312 g/mol. The number of halogens is 2. The molecule has 0 bridgehead atoms. The lowest BCUT2D eigenvalue weighted by Crippen LogP contribution is -2.40. The summed E-state index contributed by atoms with van der Waals surface area (Å²) >= 11 is 0. The molecule has 2 N–H and O–H groups in total. The van der Waals surface area contributed by atoms with Crippen LogP contribution in [0.15, 0.2) is 29.3 Å². The highest BCUT2D eigenvalue weighted by molar-refractivity contribution is 5.79. The van der Waals surface area contributed by atoms with E-state index in [9.17, 15) is 8.78 Å². The zero-order valence-corrected chi connectivity index (χ0v) is 14.0. The number of hydrogen-bond acceptors (Lipinski definition) is 2. The van der Waals surface area contributed by atoms with Crippen LogP contribution in [0, 0.1) is 17.8 Å². The quantitative estimate of drug-likeness (QED) is 0.565. The molecule has 2 aliphatic rings. The van der Waals surface area contributed by atoms with Crippen LogP contribution in [0.4, 0.5) is 8.78 Å². The summed E-state index contributed by atoms with van der Waals surface area (Å²) in [5, 5.41) is 6.58. The number of alkyl halides is 2. The van der Waals surface area contributed by atoms with E-state index in [0.29, 0.717) is 18.1 Å². The molecule has 0 atom stereocenters. The molecule has 2 saturated carbocycles. The van der Waals surface area contributed by atoms with Gasteiger partial charge in [-0.05, 0) is 49.5 Å². The number of guanidine groups is 1. The molecule has 3 rings (SSSR count). The van der Waals surface area contributed by atoms with Crippen LogP contribution in [0.5, 0.6) is 5.75 Å². The van der Waals surface area contributed by atoms with Crippen molar-refractivity contribution in [2.45, 2.75) is 38.8 Å². The van der Waals surface area contributed by atoms with E-state index < -0.39 is 6.61 Å². The average molecular weight is 337 g/mol. The van der Waals surface area contributed by atoms with Crippen LogP contribution in [0.3, 0.4) is 0 Å². The Balaban J connectivity index is 1.50. The Kier molecular flexibility index (Phi) is 5.53. The van der Waals surface area contributed by atoms with Crippen molar-refractivity contribution in [2.24, 2.45) is 22.7 Å². The Hall–Kier alpha value is -1.85. The summed E-state index contributed by atoms with van der Waals surface area (Å²) in [6, 6.07) is 6.82. The molecule has 0 unspecified atom stereocenters. The minimum Gasteiger partial charge on any atom is -0.434 e. The van der Waals surface area contributed by atoms with Crippen molar-refractivity contribution < 1.29 is 13.5 Å². The molecule has 0 heterocycles. The van der Waals surface area contributed by atoms with Gasteiger partial charge in [0.25, 0.3) is 0 Å². The summed E-state index contributed by atoms with van der Waals surface area (Å²) in [5.74, 6) is 3.40. The van der Waals surface area contributed by atoms with Crippen LogP contribution in [-0.4, -0.2) is 26.2 Å². The predicted molar refractivity (Wildman–Crippen MR) is 90.2 cm³/mol. The van der Waals surface area contributed by atoms with Crippen molar-refractivity contribution in [1.82, 2.24) is 10.6 Å². The third-order valence-electron chi connectivity index (χ3n) is 4.82. The number of rotatable bonds is 8. The second-order valence-corrected chi connectivity index (χ2v) is 6.63. The van der Waals surface area contributed by atoms with Crippen LogP contribution in [0.2, 0.25) is 0 Å². The first-order valence-corrected chi connectivity index (χ1v) is 8.64. The van der Waals surface area contributed by atoms with Crippen LogP contribution in [0.25, 0.3) is 0 Å². The molecule has 2 aliphatic carbocycles. The van der Waals surface area contributed by atoms with E-state index in [1.165, 1.54) is 25.7 Å². The third kappa shape index (κ3) is 4.82. The van der Waals surface area contributed by atoms with E-state index in [0.717, 1.165) is 24.3 Å². The van der Waals surface area contributed by atoms with E-state index >= 15 is 0 Å². The maximum atomic E-state index is 12.5. The first-order valence-electron chi connectivity index (χ1n) is 8.64. The fraction of sp³-hybridized carbons (Fsp3) is 0.611. The van der Waals surface area contributed by atoms with E-state index in [2.05, 4.69) is 20.4 Å². The van der Waals surface area contributed by atoms with Gasteiger partial charge in [0, 0.05) is 25.7 Å². The largest absolute Gasteiger partial charge is 0.434 e. The lowest BCUT2D eigenvalue weighted by atomic mass is 9.98. The van der Waals surface area contributed by atoms with Gasteiger partial charge in [-0.25, -0.2) is 0 Å². The number of aliphatic imine (C=N–C) groups is 1. The number of nitrogens with one attached hydrogen (secondary N) is 2. The molecule has 0 aromatic heterocycles. The van der Waals surface area contributed by atoms with E-state index in [-0.39, 0.29) is 5.75 Å². The van der Waals surface area contributed by atoms with Gasteiger partial charge in [0.1, 0.15) is 5.75 Å². The summed E-state index contributed by atoms with van der Waals surface area (Å²) in [6.45, 7) is -1.49. The highest BCUT2D eigenvalue weighted by Crippen LogP contribution is 2.48. The molecule has 6 heteroatoms. The number of para-hydroxylation sites is 1. The molecule has 2 fully saturated rings. The van der Waals surface area contributed by atoms with Crippen molar-refractivity contribution >= 4 is 5.96 Å². The molecule has 4 nitrogen and oxygen atoms in total. The Morgan fingerprint density at radius 3 is 2.42 bits per heavy atom. The summed E-state index contributed by atoms with van der Waals surface area (Å²) < 4.78 is 29.5. The summed E-state index contributed by atoms with van der Waals surface area (Å²) in [5.41, 5.74) is 0.682. The van der Waals surface area contributed by atoms with Gasteiger partial charge in [0.15, 0.2) is 5.96 Å². The summed E-state index contributed by atoms with van der Waals surface area (Å²) in [7, 11) is 1.72. The molecule has 0 saturated heterocycles. The molecule has 24 heavy (non-hydrogen) atoms. The Labute approximate surface area is 141 Å². The fourth-order valence-electron chi connectivity index (χ4n) is 3.24. The molecule has 0 spiro atoms. The minimum absolute atomic E-state index is 0.198. The minimum atomic E-state index is -2.82. The van der Waals surface area contributed by atoms with Gasteiger partial charge in [-0.3, -0.25) is 4.99 Å². The second-order valence-electron chi connectivity index (χ2n) is 6.63. The Morgan fingerprint density at radius 2 is 1.83 bits per heavy atom. The Morgan fingerprint density at radius 1 is 1.17 bits per heavy atom. The fourth-order valence-corrected chi connectivity index (χ4v) is 3.24. The van der Waals surface area contributed by atoms with Crippen molar-refractivity contribution in [3.63, 3.8) is 0 Å². The van der Waals surface area contributed by atoms with Crippen LogP contribution < -0.4 is 15.4 Å². The number of ether oxygens (including phenoxy) is 1. The van der Waals surface area contributed by atoms with Crippen molar-refractivity contribution in [3.05, 3.63) is 29.8 Å². The van der Waals surface area contributed by atoms with Crippen LogP contribution in [0.1, 0.15) is 31.2 Å². The lowest BCUT2D eigenvalue weighted by molar-refractivity contribution is -0.0504. The monoisotopic (exact) mass is 337 g/mol. The first-order chi connectivity index (χ1) is 11.7. The highest BCUT2D eigenvalue weighted by Gasteiger charge is 2.41. The lowest BCUT2D eigenvalue weighted by Gasteiger charge is -2.19. The number of benzene rings is 1. The number of hydrogen-bond donors (Lipinski definition) is 2. The summed E-state index contributed by atoms with van der Waals surface area (Å²) in [6.07, 6.45) is 5.42. The van der Waals surface area contributed by atoms with E-state index in [4.69, 9.17) is 0 Å². The molecule has 0 aliphatic heterocycles. The van der Waals surface area contributed by atoms with Gasteiger partial charge in [-0.2, -0.15) is 8.78 Å². The van der Waals surface area contributed by atoms with Gasteiger partial charge in [0.2, 0.25) is 0 Å². The molecule has 132 valence electrons. The topological polar surface area (TPSA) is 45.7 Å². The van der Waals surface area contributed by atoms with Gasteiger partial charge in [-0.15, -0.1) is 0 Å². The Bertz CT molecular complexity index is 559. The third-order valence-corrected chi connectivity index (χ3v) is 4.82. The zero-order valence-electron chi connectivity index (χ0n) is 14.0. The van der Waals surface area contributed by atoms with Crippen molar-refractivity contribution in [3.8, 4) is 5.75 Å². The van der Waals surface area contributed by atoms with Gasteiger partial charge in [-0.1, -0.05) is 18.2 Å². The van der Waals surface area contributed by atoms with Crippen molar-refractivity contribution in [2.75, 3.05) is 13.6 Å². The molecular formula is C18H25F2N3O.